The molecule has 0 bridgehead atoms. The molecule has 324 valence electrons. The van der Waals surface area contributed by atoms with Gasteiger partial charge in [-0.2, -0.15) is 21.9 Å². The highest BCUT2D eigenvalue weighted by molar-refractivity contribution is 7.86. The Balaban J connectivity index is 1.84. The maximum atomic E-state index is 14.4. The number of azo groups is 1. The van der Waals surface area contributed by atoms with E-state index in [0.717, 1.165) is 37.8 Å². The number of nitrogens with zero attached hydrogens (tertiary/aromatic N) is 6. The highest BCUT2D eigenvalue weighted by Crippen LogP contribution is 2.39. The second kappa shape index (κ2) is 21.0. The van der Waals surface area contributed by atoms with Crippen molar-refractivity contribution >= 4 is 89.7 Å². The summed E-state index contributed by atoms with van der Waals surface area (Å²) in [6, 6.07) is 12.5. The third-order valence-electron chi connectivity index (χ3n) is 9.10. The van der Waals surface area contributed by atoms with Gasteiger partial charge in [0.15, 0.2) is 5.82 Å². The van der Waals surface area contributed by atoms with Crippen LogP contribution in [0.25, 0.3) is 5.69 Å². The number of aromatic nitrogens is 2. The molecule has 0 aliphatic heterocycles. The molecule has 0 aliphatic carbocycles. The maximum Gasteiger partial charge on any atom is 0.294 e. The average Bonchev–Trinajstić information content (AvgIpc) is 3.49. The van der Waals surface area contributed by atoms with Crippen molar-refractivity contribution in [3.05, 3.63) is 81.5 Å². The Morgan fingerprint density at radius 2 is 1.50 bits per heavy atom. The van der Waals surface area contributed by atoms with Crippen molar-refractivity contribution < 1.29 is 40.3 Å². The molecule has 0 saturated carbocycles. The Bertz CT molecular complexity index is 2450. The summed E-state index contributed by atoms with van der Waals surface area (Å²) in [4.78, 5) is 43.0. The van der Waals surface area contributed by atoms with Crippen molar-refractivity contribution in [1.29, 1.82) is 0 Å². The first-order chi connectivity index (χ1) is 28.3. The van der Waals surface area contributed by atoms with Gasteiger partial charge in [0.2, 0.25) is 5.91 Å². The van der Waals surface area contributed by atoms with Crippen LogP contribution < -0.4 is 15.5 Å². The number of halogens is 2. The van der Waals surface area contributed by atoms with Crippen LogP contribution in [0.2, 0.25) is 10.0 Å². The summed E-state index contributed by atoms with van der Waals surface area (Å²) in [7, 11) is -8.73. The molecule has 0 spiro atoms. The molecule has 0 aliphatic rings. The van der Waals surface area contributed by atoms with E-state index < -0.39 is 42.7 Å². The van der Waals surface area contributed by atoms with Gasteiger partial charge in [-0.1, -0.05) is 56.0 Å². The first-order valence-corrected chi connectivity index (χ1v) is 22.9. The lowest BCUT2D eigenvalue weighted by Gasteiger charge is -2.24. The van der Waals surface area contributed by atoms with Gasteiger partial charge in [0, 0.05) is 50.0 Å². The maximum absolute atomic E-state index is 14.4. The molecule has 0 atom stereocenters. The van der Waals surface area contributed by atoms with Crippen molar-refractivity contribution in [3.63, 3.8) is 0 Å². The first kappa shape index (κ1) is 47.8. The summed E-state index contributed by atoms with van der Waals surface area (Å²) in [6.45, 7) is 10.6. The molecule has 21 heteroatoms. The fourth-order valence-electron chi connectivity index (χ4n) is 6.13. The average molecular weight is 908 g/mol. The second-order valence-electron chi connectivity index (χ2n) is 13.7. The van der Waals surface area contributed by atoms with E-state index in [-0.39, 0.29) is 67.8 Å². The highest BCUT2D eigenvalue weighted by Gasteiger charge is 2.29. The standard InChI is InChI=1S/C39H48Cl2N8O9S2/c1-6-9-17-48(18-10-7-2)39(52)35-25(4)46-49(36-31(40)22-28(23-32(36)41)43-38(51)27-13-11-14-30(21-27)60(56,57)58)37(35)45-44-33-16-15-29(24-34(33)42-26(5)50)47(8-3)19-12-20-59(53,54)55/h11,13-16,21-24H,6-10,12,17-20H2,1-5H3,(H,42,50)(H,43,51)(H,53,54,55)(H,56,57,58)/b45-44+. The number of amides is 3. The quantitative estimate of drug-likeness (QED) is 0.0485. The van der Waals surface area contributed by atoms with Gasteiger partial charge in [-0.3, -0.25) is 23.5 Å². The number of unbranched alkanes of at least 4 members (excludes halogenated alkanes) is 2. The molecule has 3 aromatic carbocycles. The topological polar surface area (TPSA) is 233 Å². The van der Waals surface area contributed by atoms with Crippen molar-refractivity contribution in [2.24, 2.45) is 10.2 Å². The van der Waals surface area contributed by atoms with Crippen molar-refractivity contribution in [2.45, 2.75) is 71.6 Å². The van der Waals surface area contributed by atoms with Crippen LogP contribution in [0.15, 0.2) is 69.7 Å². The van der Waals surface area contributed by atoms with Gasteiger partial charge in [-0.15, -0.1) is 10.2 Å². The summed E-state index contributed by atoms with van der Waals surface area (Å²) in [6.07, 6.45) is 3.35. The van der Waals surface area contributed by atoms with Crippen LogP contribution >= 0.6 is 23.2 Å². The molecule has 0 radical (unpaired) electrons. The Morgan fingerprint density at radius 3 is 2.07 bits per heavy atom. The molecule has 1 aromatic heterocycles. The van der Waals surface area contributed by atoms with Gasteiger partial charge >= 0.3 is 0 Å². The molecule has 4 aromatic rings. The van der Waals surface area contributed by atoms with E-state index in [2.05, 4.69) is 26.0 Å². The van der Waals surface area contributed by atoms with Gasteiger partial charge < -0.3 is 20.4 Å². The minimum Gasteiger partial charge on any atom is -0.372 e. The van der Waals surface area contributed by atoms with Crippen molar-refractivity contribution in [2.75, 3.05) is 47.5 Å². The van der Waals surface area contributed by atoms with Crippen molar-refractivity contribution in [3.8, 4) is 5.69 Å². The van der Waals surface area contributed by atoms with Gasteiger partial charge in [-0.25, -0.2) is 4.68 Å². The Labute approximate surface area is 359 Å². The number of anilines is 3. The van der Waals surface area contributed by atoms with Crippen molar-refractivity contribution in [1.82, 2.24) is 14.7 Å². The lowest BCUT2D eigenvalue weighted by atomic mass is 10.1. The first-order valence-electron chi connectivity index (χ1n) is 19.1. The van der Waals surface area contributed by atoms with Crippen LogP contribution in [0.3, 0.4) is 0 Å². The van der Waals surface area contributed by atoms with Crippen LogP contribution in [-0.2, 0) is 25.0 Å². The number of aryl methyl sites for hydroxylation is 1. The zero-order valence-electron chi connectivity index (χ0n) is 33.8. The van der Waals surface area contributed by atoms with Gasteiger partial charge in [-0.05, 0) is 81.6 Å². The molecule has 3 amide bonds. The summed E-state index contributed by atoms with van der Waals surface area (Å²) in [5.74, 6) is -1.93. The molecule has 0 saturated heterocycles. The predicted octanol–water partition coefficient (Wildman–Crippen LogP) is 8.51. The van der Waals surface area contributed by atoms with Crippen LogP contribution in [0, 0.1) is 6.92 Å². The molecule has 0 unspecified atom stereocenters. The summed E-state index contributed by atoms with van der Waals surface area (Å²) >= 11 is 13.7. The van der Waals surface area contributed by atoms with Crippen LogP contribution in [-0.4, -0.2) is 90.3 Å². The predicted molar refractivity (Wildman–Crippen MR) is 232 cm³/mol. The molecule has 17 nitrogen and oxygen atoms in total. The lowest BCUT2D eigenvalue weighted by molar-refractivity contribution is -0.114. The van der Waals surface area contributed by atoms with Gasteiger partial charge in [0.25, 0.3) is 32.1 Å². The Morgan fingerprint density at radius 1 is 0.850 bits per heavy atom. The van der Waals surface area contributed by atoms with E-state index >= 15 is 0 Å². The van der Waals surface area contributed by atoms with E-state index in [0.29, 0.717) is 31.9 Å². The summed E-state index contributed by atoms with van der Waals surface area (Å²) in [5.41, 5.74) is 1.66. The molecule has 60 heavy (non-hydrogen) atoms. The molecular formula is C39H48Cl2N8O9S2. The molecule has 4 rings (SSSR count). The monoisotopic (exact) mass is 906 g/mol. The highest BCUT2D eigenvalue weighted by atomic mass is 35.5. The van der Waals surface area contributed by atoms with E-state index in [1.807, 2.05) is 25.7 Å². The molecule has 0 fully saturated rings. The minimum absolute atomic E-state index is 0.0202. The number of carbonyl (C=O) groups excluding carboxylic acids is 3. The Hall–Kier alpha value is -4.92. The fraction of sp³-hybridized carbons (Fsp3) is 0.385. The Kier molecular flexibility index (Phi) is 16.8. The summed E-state index contributed by atoms with van der Waals surface area (Å²) < 4.78 is 65.8. The normalized spacial score (nSPS) is 11.8. The van der Waals surface area contributed by atoms with Gasteiger partial charge in [0.1, 0.15) is 16.9 Å². The van der Waals surface area contributed by atoms with Crippen LogP contribution in [0.4, 0.5) is 28.6 Å². The third kappa shape index (κ3) is 12.8. The molecule has 1 heterocycles. The van der Waals surface area contributed by atoms with E-state index in [1.54, 1.807) is 30.0 Å². The van der Waals surface area contributed by atoms with E-state index in [4.69, 9.17) is 23.2 Å². The van der Waals surface area contributed by atoms with Crippen LogP contribution in [0.1, 0.15) is 86.2 Å². The fourth-order valence-corrected chi connectivity index (χ4v) is 7.80. The smallest absolute Gasteiger partial charge is 0.294 e. The van der Waals surface area contributed by atoms with E-state index in [1.165, 1.54) is 35.9 Å². The lowest BCUT2D eigenvalue weighted by Crippen LogP contribution is -2.33. The number of hydrogen-bond acceptors (Lipinski definition) is 11. The zero-order chi connectivity index (χ0) is 44.4. The number of nitrogens with one attached hydrogen (secondary N) is 2. The molecular weight excluding hydrogens is 860 g/mol. The summed E-state index contributed by atoms with van der Waals surface area (Å²) in [5, 5.41) is 19.0. The number of hydrogen-bond donors (Lipinski definition) is 4. The number of benzene rings is 3. The SMILES string of the molecule is CCCCN(CCCC)C(=O)c1c(C)nn(-c2c(Cl)cc(NC(=O)c3cccc(S(=O)(=O)O)c3)cc2Cl)c1/N=N/c1ccc(N(CC)CCCS(=O)(=O)O)cc1NC(C)=O. The third-order valence-corrected chi connectivity index (χ3v) is 11.3. The number of carbonyl (C=O) groups is 3. The zero-order valence-corrected chi connectivity index (χ0v) is 36.9. The van der Waals surface area contributed by atoms with Gasteiger partial charge in [0.05, 0.1) is 32.1 Å². The largest absolute Gasteiger partial charge is 0.372 e. The minimum atomic E-state index is -4.57. The van der Waals surface area contributed by atoms with E-state index in [9.17, 15) is 40.3 Å². The van der Waals surface area contributed by atoms with Crippen LogP contribution in [0.5, 0.6) is 0 Å². The number of rotatable bonds is 20. The molecule has 4 N–H and O–H groups in total. The second-order valence-corrected chi connectivity index (χ2v) is 17.6.